The molecule has 0 radical (unpaired) electrons. The van der Waals surface area contributed by atoms with E-state index in [2.05, 4.69) is 17.2 Å². The van der Waals surface area contributed by atoms with E-state index in [0.29, 0.717) is 24.3 Å². The van der Waals surface area contributed by atoms with Gasteiger partial charge in [0, 0.05) is 26.1 Å². The summed E-state index contributed by atoms with van der Waals surface area (Å²) < 4.78 is 6.87. The first-order valence-electron chi connectivity index (χ1n) is 10.2. The van der Waals surface area contributed by atoms with Crippen LogP contribution in [-0.4, -0.2) is 51.6 Å². The fourth-order valence-electron chi connectivity index (χ4n) is 3.37. The number of ether oxygens (including phenoxy) is 1. The second kappa shape index (κ2) is 9.51. The number of urea groups is 1. The lowest BCUT2D eigenvalue weighted by molar-refractivity contribution is -0.157. The van der Waals surface area contributed by atoms with E-state index in [1.807, 2.05) is 24.3 Å². The molecule has 3 amide bonds. The number of carbonyl (C=O) groups excluding carboxylic acids is 3. The number of aromatic nitrogens is 2. The van der Waals surface area contributed by atoms with Gasteiger partial charge in [-0.05, 0) is 25.5 Å². The molecule has 9 nitrogen and oxygen atoms in total. The molecule has 1 aliphatic heterocycles. The number of aryl methyl sites for hydroxylation is 2. The minimum atomic E-state index is -1.08. The van der Waals surface area contributed by atoms with Crippen molar-refractivity contribution < 1.29 is 19.1 Å². The van der Waals surface area contributed by atoms with Gasteiger partial charge in [0.1, 0.15) is 5.69 Å². The van der Waals surface area contributed by atoms with Gasteiger partial charge in [-0.3, -0.25) is 19.3 Å². The summed E-state index contributed by atoms with van der Waals surface area (Å²) in [5.41, 5.74) is 1.54. The number of carbonyl (C=O) groups is 3. The molecule has 3 rings (SSSR count). The van der Waals surface area contributed by atoms with Crippen LogP contribution in [0.2, 0.25) is 0 Å². The van der Waals surface area contributed by atoms with Gasteiger partial charge in [-0.1, -0.05) is 25.5 Å². The second-order valence-corrected chi connectivity index (χ2v) is 7.21. The Hall–Kier alpha value is -3.23. The van der Waals surface area contributed by atoms with Crippen LogP contribution in [0.4, 0.5) is 4.79 Å². The van der Waals surface area contributed by atoms with Crippen LogP contribution < -0.4 is 10.9 Å². The highest BCUT2D eigenvalue weighted by Gasteiger charge is 2.31. The largest absolute Gasteiger partial charge is 0.453 e. The van der Waals surface area contributed by atoms with Gasteiger partial charge in [-0.15, -0.1) is 0 Å². The maximum absolute atomic E-state index is 12.9. The van der Waals surface area contributed by atoms with Gasteiger partial charge in [0.25, 0.3) is 11.5 Å². The van der Waals surface area contributed by atoms with Crippen molar-refractivity contribution in [3.63, 3.8) is 0 Å². The summed E-state index contributed by atoms with van der Waals surface area (Å²) >= 11 is 0. The molecule has 1 saturated heterocycles. The lowest BCUT2D eigenvalue weighted by Gasteiger charge is -2.18. The van der Waals surface area contributed by atoms with E-state index < -0.39 is 24.0 Å². The molecule has 9 heteroatoms. The van der Waals surface area contributed by atoms with Gasteiger partial charge in [0.05, 0.1) is 17.5 Å². The Kier molecular flexibility index (Phi) is 6.81. The van der Waals surface area contributed by atoms with Crippen molar-refractivity contribution in [3.05, 3.63) is 40.3 Å². The summed E-state index contributed by atoms with van der Waals surface area (Å²) in [7, 11) is 0. The number of esters is 1. The normalized spacial score (nSPS) is 14.6. The number of benzene rings is 1. The third-order valence-corrected chi connectivity index (χ3v) is 5.00. The SMILES string of the molecule is CCCCn1c(=O)c(CCC(=O)O[C@H](C)C(=O)N2CCNC2=O)nc2ccccc21. The molecular weight excluding hydrogens is 388 g/mol. The first kappa shape index (κ1) is 21.5. The average Bonchev–Trinajstić information content (AvgIpc) is 3.16. The van der Waals surface area contributed by atoms with E-state index in [1.54, 1.807) is 4.57 Å². The molecular formula is C21H26N4O5. The number of para-hydroxylation sites is 2. The number of hydrogen-bond acceptors (Lipinski definition) is 6. The van der Waals surface area contributed by atoms with E-state index in [4.69, 9.17) is 4.74 Å². The van der Waals surface area contributed by atoms with Gasteiger partial charge in [0.15, 0.2) is 6.10 Å². The predicted molar refractivity (Wildman–Crippen MR) is 110 cm³/mol. The minimum Gasteiger partial charge on any atom is -0.453 e. The Morgan fingerprint density at radius 1 is 1.27 bits per heavy atom. The summed E-state index contributed by atoms with van der Waals surface area (Å²) in [5.74, 6) is -1.19. The van der Waals surface area contributed by atoms with Crippen LogP contribution in [0.5, 0.6) is 0 Å². The number of rotatable bonds is 8. The molecule has 0 aliphatic carbocycles. The highest BCUT2D eigenvalue weighted by atomic mass is 16.5. The maximum atomic E-state index is 12.9. The van der Waals surface area contributed by atoms with Crippen LogP contribution in [0, 0.1) is 0 Å². The van der Waals surface area contributed by atoms with E-state index in [9.17, 15) is 19.2 Å². The third-order valence-electron chi connectivity index (χ3n) is 5.00. The molecule has 0 saturated carbocycles. The number of nitrogens with one attached hydrogen (secondary N) is 1. The topological polar surface area (TPSA) is 111 Å². The number of imide groups is 1. The highest BCUT2D eigenvalue weighted by molar-refractivity contribution is 5.98. The Balaban J connectivity index is 1.68. The zero-order chi connectivity index (χ0) is 21.7. The quantitative estimate of drug-likeness (QED) is 0.657. The molecule has 1 atom stereocenters. The van der Waals surface area contributed by atoms with E-state index >= 15 is 0 Å². The molecule has 30 heavy (non-hydrogen) atoms. The van der Waals surface area contributed by atoms with Gasteiger partial charge < -0.3 is 14.6 Å². The molecule has 0 spiro atoms. The molecule has 2 aromatic rings. The standard InChI is InChI=1S/C21H26N4O5/c1-3-4-12-24-17-8-6-5-7-15(17)23-16(20(24)28)9-10-18(26)30-14(2)19(27)25-13-11-22-21(25)29/h5-8,14H,3-4,9-13H2,1-2H3,(H,22,29)/t14-/m1/s1. The Labute approximate surface area is 174 Å². The lowest BCUT2D eigenvalue weighted by atomic mass is 10.2. The number of amides is 3. The molecule has 1 fully saturated rings. The number of unbranched alkanes of at least 4 members (excludes halogenated alkanes) is 1. The van der Waals surface area contributed by atoms with Crippen LogP contribution >= 0.6 is 0 Å². The van der Waals surface area contributed by atoms with Crippen molar-refractivity contribution in [1.82, 2.24) is 19.8 Å². The zero-order valence-corrected chi connectivity index (χ0v) is 17.2. The molecule has 1 aliphatic rings. The predicted octanol–water partition coefficient (Wildman–Crippen LogP) is 1.61. The molecule has 2 heterocycles. The fourth-order valence-corrected chi connectivity index (χ4v) is 3.37. The van der Waals surface area contributed by atoms with Crippen molar-refractivity contribution in [3.8, 4) is 0 Å². The number of nitrogens with zero attached hydrogens (tertiary/aromatic N) is 3. The van der Waals surface area contributed by atoms with E-state index in [-0.39, 0.29) is 24.9 Å². The van der Waals surface area contributed by atoms with Gasteiger partial charge in [0.2, 0.25) is 0 Å². The maximum Gasteiger partial charge on any atom is 0.324 e. The van der Waals surface area contributed by atoms with Crippen LogP contribution in [0.1, 0.15) is 38.8 Å². The third kappa shape index (κ3) is 4.67. The first-order valence-corrected chi connectivity index (χ1v) is 10.2. The summed E-state index contributed by atoms with van der Waals surface area (Å²) in [5, 5.41) is 2.53. The summed E-state index contributed by atoms with van der Waals surface area (Å²) in [6.45, 7) is 4.69. The van der Waals surface area contributed by atoms with Crippen LogP contribution in [0.3, 0.4) is 0 Å². The van der Waals surface area contributed by atoms with Crippen molar-refractivity contribution in [2.24, 2.45) is 0 Å². The smallest absolute Gasteiger partial charge is 0.324 e. The van der Waals surface area contributed by atoms with Gasteiger partial charge in [-0.2, -0.15) is 0 Å². The Bertz CT molecular complexity index is 1020. The van der Waals surface area contributed by atoms with Gasteiger partial charge >= 0.3 is 12.0 Å². The average molecular weight is 414 g/mol. The number of hydrogen-bond donors (Lipinski definition) is 1. The van der Waals surface area contributed by atoms with Crippen LogP contribution in [-0.2, 0) is 27.3 Å². The van der Waals surface area contributed by atoms with Crippen molar-refractivity contribution in [2.75, 3.05) is 13.1 Å². The summed E-state index contributed by atoms with van der Waals surface area (Å²) in [6.07, 6.45) is 0.759. The summed E-state index contributed by atoms with van der Waals surface area (Å²) in [6, 6.07) is 6.92. The molecule has 1 aromatic carbocycles. The molecule has 1 N–H and O–H groups in total. The molecule has 160 valence electrons. The number of fused-ring (bicyclic) bond motifs is 1. The first-order chi connectivity index (χ1) is 14.4. The van der Waals surface area contributed by atoms with Crippen LogP contribution in [0.15, 0.2) is 29.1 Å². The van der Waals surface area contributed by atoms with Gasteiger partial charge in [-0.25, -0.2) is 9.78 Å². The minimum absolute atomic E-state index is 0.0851. The van der Waals surface area contributed by atoms with Crippen LogP contribution in [0.25, 0.3) is 11.0 Å². The zero-order valence-electron chi connectivity index (χ0n) is 17.2. The van der Waals surface area contributed by atoms with Crippen molar-refractivity contribution in [1.29, 1.82) is 0 Å². The Morgan fingerprint density at radius 2 is 2.03 bits per heavy atom. The van der Waals surface area contributed by atoms with E-state index in [1.165, 1.54) is 6.92 Å². The van der Waals surface area contributed by atoms with Crippen molar-refractivity contribution >= 4 is 28.9 Å². The monoisotopic (exact) mass is 414 g/mol. The van der Waals surface area contributed by atoms with E-state index in [0.717, 1.165) is 23.3 Å². The fraction of sp³-hybridized carbons (Fsp3) is 0.476. The van der Waals surface area contributed by atoms with Crippen molar-refractivity contribution in [2.45, 2.75) is 52.2 Å². The summed E-state index contributed by atoms with van der Waals surface area (Å²) in [4.78, 5) is 54.4. The molecule has 0 bridgehead atoms. The Morgan fingerprint density at radius 3 is 2.73 bits per heavy atom. The molecule has 0 unspecified atom stereocenters. The lowest BCUT2D eigenvalue weighted by Crippen LogP contribution is -2.41. The second-order valence-electron chi connectivity index (χ2n) is 7.21. The highest BCUT2D eigenvalue weighted by Crippen LogP contribution is 2.12. The molecule has 1 aromatic heterocycles.